The van der Waals surface area contributed by atoms with Crippen LogP contribution in [0.3, 0.4) is 0 Å². The summed E-state index contributed by atoms with van der Waals surface area (Å²) in [6, 6.07) is 9.44. The van der Waals surface area contributed by atoms with Crippen LogP contribution in [0, 0.1) is 0 Å². The van der Waals surface area contributed by atoms with Crippen LogP contribution in [0.4, 0.5) is 0 Å². The van der Waals surface area contributed by atoms with Gasteiger partial charge in [-0.3, -0.25) is 14.5 Å². The Morgan fingerprint density at radius 1 is 1.04 bits per heavy atom. The third kappa shape index (κ3) is 4.26. The van der Waals surface area contributed by atoms with E-state index in [1.165, 1.54) is 19.3 Å². The number of carbonyl (C=O) groups excluding carboxylic acids is 2. The maximum Gasteiger partial charge on any atom is 0.245 e. The van der Waals surface area contributed by atoms with Crippen LogP contribution in [-0.4, -0.2) is 54.3 Å². The van der Waals surface area contributed by atoms with E-state index < -0.39 is 0 Å². The molecule has 1 aliphatic heterocycles. The van der Waals surface area contributed by atoms with Crippen LogP contribution in [0.15, 0.2) is 30.3 Å². The Balaban J connectivity index is 1.71. The lowest BCUT2D eigenvalue weighted by Gasteiger charge is -2.32. The van der Waals surface area contributed by atoms with Gasteiger partial charge in [-0.05, 0) is 45.3 Å². The molecule has 142 valence electrons. The van der Waals surface area contributed by atoms with Crippen molar-refractivity contribution in [1.29, 1.82) is 0 Å². The number of rotatable bonds is 5. The highest BCUT2D eigenvalue weighted by Gasteiger charge is 2.38. The Hall–Kier alpha value is -1.88. The maximum atomic E-state index is 13.3. The molecular weight excluding hydrogens is 326 g/mol. The van der Waals surface area contributed by atoms with Gasteiger partial charge in [0.1, 0.15) is 12.1 Å². The smallest absolute Gasteiger partial charge is 0.245 e. The quantitative estimate of drug-likeness (QED) is 0.882. The number of likely N-dealkylation sites (tertiary alicyclic amines) is 1. The van der Waals surface area contributed by atoms with Gasteiger partial charge in [-0.2, -0.15) is 0 Å². The van der Waals surface area contributed by atoms with E-state index >= 15 is 0 Å². The summed E-state index contributed by atoms with van der Waals surface area (Å²) in [7, 11) is 3.84. The van der Waals surface area contributed by atoms with Gasteiger partial charge < -0.3 is 10.2 Å². The van der Waals surface area contributed by atoms with Gasteiger partial charge in [-0.15, -0.1) is 0 Å². The fourth-order valence-corrected chi connectivity index (χ4v) is 4.30. The first-order valence-corrected chi connectivity index (χ1v) is 9.90. The van der Waals surface area contributed by atoms with Crippen molar-refractivity contribution in [2.24, 2.45) is 0 Å². The first-order valence-electron chi connectivity index (χ1n) is 9.90. The van der Waals surface area contributed by atoms with Crippen molar-refractivity contribution >= 4 is 11.8 Å². The number of carbonyl (C=O) groups is 2. The minimum atomic E-state index is -0.348. The van der Waals surface area contributed by atoms with E-state index in [0.717, 1.165) is 31.2 Å². The number of amides is 2. The zero-order valence-electron chi connectivity index (χ0n) is 16.0. The fourth-order valence-electron chi connectivity index (χ4n) is 4.30. The molecule has 0 spiro atoms. The minimum Gasteiger partial charge on any atom is -0.352 e. The molecule has 0 bridgehead atoms. The Labute approximate surface area is 156 Å². The van der Waals surface area contributed by atoms with E-state index in [1.807, 2.05) is 49.3 Å². The molecule has 2 fully saturated rings. The third-order valence-electron chi connectivity index (χ3n) is 5.66. The standard InChI is InChI=1S/C21H31N3O2/c1-23(2)19(16-10-5-3-6-11-16)21(26)24-15-9-14-18(24)20(25)22-17-12-7-4-8-13-17/h3,5-6,10-11,17-19H,4,7-9,12-15H2,1-2H3,(H,22,25). The van der Waals surface area contributed by atoms with Gasteiger partial charge in [0.25, 0.3) is 0 Å². The van der Waals surface area contributed by atoms with Crippen molar-refractivity contribution < 1.29 is 9.59 Å². The summed E-state index contributed by atoms with van der Waals surface area (Å²) in [5.41, 5.74) is 0.973. The Morgan fingerprint density at radius 2 is 1.73 bits per heavy atom. The number of nitrogens with zero attached hydrogens (tertiary/aromatic N) is 2. The molecular formula is C21H31N3O2. The van der Waals surface area contributed by atoms with Gasteiger partial charge in [0.05, 0.1) is 0 Å². The highest BCUT2D eigenvalue weighted by atomic mass is 16.2. The van der Waals surface area contributed by atoms with Crippen molar-refractivity contribution in [2.75, 3.05) is 20.6 Å². The van der Waals surface area contributed by atoms with Crippen LogP contribution in [-0.2, 0) is 9.59 Å². The Bertz CT molecular complexity index is 611. The number of nitrogens with one attached hydrogen (secondary N) is 1. The summed E-state index contributed by atoms with van der Waals surface area (Å²) >= 11 is 0. The first-order chi connectivity index (χ1) is 12.6. The lowest BCUT2D eigenvalue weighted by molar-refractivity contribution is -0.142. The summed E-state index contributed by atoms with van der Waals surface area (Å²) in [6.07, 6.45) is 7.43. The number of benzene rings is 1. The molecule has 1 aromatic carbocycles. The van der Waals surface area contributed by atoms with Gasteiger partial charge in [0, 0.05) is 12.6 Å². The molecule has 1 N–H and O–H groups in total. The molecule has 2 aliphatic rings. The molecule has 5 heteroatoms. The second-order valence-corrected chi connectivity index (χ2v) is 7.81. The van der Waals surface area contributed by atoms with Gasteiger partial charge in [-0.1, -0.05) is 49.6 Å². The van der Waals surface area contributed by atoms with Gasteiger partial charge in [0.15, 0.2) is 0 Å². The Kier molecular flexibility index (Phi) is 6.30. The lowest BCUT2D eigenvalue weighted by atomic mass is 9.95. The maximum absolute atomic E-state index is 13.3. The van der Waals surface area contributed by atoms with Crippen molar-refractivity contribution in [3.63, 3.8) is 0 Å². The highest BCUT2D eigenvalue weighted by molar-refractivity contribution is 5.91. The van der Waals surface area contributed by atoms with Gasteiger partial charge in [0.2, 0.25) is 11.8 Å². The predicted octanol–water partition coefficient (Wildman–Crippen LogP) is 2.73. The molecule has 5 nitrogen and oxygen atoms in total. The average molecular weight is 357 g/mol. The van der Waals surface area contributed by atoms with Crippen LogP contribution in [0.2, 0.25) is 0 Å². The van der Waals surface area contributed by atoms with Crippen LogP contribution in [0.25, 0.3) is 0 Å². The zero-order valence-corrected chi connectivity index (χ0v) is 16.0. The molecule has 3 rings (SSSR count). The summed E-state index contributed by atoms with van der Waals surface area (Å²) in [4.78, 5) is 29.9. The van der Waals surface area contributed by atoms with Crippen molar-refractivity contribution in [3.8, 4) is 0 Å². The lowest BCUT2D eigenvalue weighted by Crippen LogP contribution is -2.51. The normalized spacial score (nSPS) is 22.4. The van der Waals surface area contributed by atoms with Crippen molar-refractivity contribution in [3.05, 3.63) is 35.9 Å². The van der Waals surface area contributed by atoms with E-state index in [-0.39, 0.29) is 29.9 Å². The van der Waals surface area contributed by atoms with E-state index in [1.54, 1.807) is 4.90 Å². The molecule has 2 amide bonds. The fraction of sp³-hybridized carbons (Fsp3) is 0.619. The zero-order chi connectivity index (χ0) is 18.5. The molecule has 1 heterocycles. The van der Waals surface area contributed by atoms with Crippen molar-refractivity contribution in [2.45, 2.75) is 63.1 Å². The number of hydrogen-bond acceptors (Lipinski definition) is 3. The number of likely N-dealkylation sites (N-methyl/N-ethyl adjacent to an activating group) is 1. The highest BCUT2D eigenvalue weighted by Crippen LogP contribution is 2.27. The molecule has 1 aliphatic carbocycles. The van der Waals surface area contributed by atoms with Crippen LogP contribution >= 0.6 is 0 Å². The van der Waals surface area contributed by atoms with E-state index in [9.17, 15) is 9.59 Å². The molecule has 0 radical (unpaired) electrons. The van der Waals surface area contributed by atoms with Crippen LogP contribution in [0.1, 0.15) is 56.6 Å². The topological polar surface area (TPSA) is 52.7 Å². The minimum absolute atomic E-state index is 0.0301. The van der Waals surface area contributed by atoms with E-state index in [4.69, 9.17) is 0 Å². The monoisotopic (exact) mass is 357 g/mol. The van der Waals surface area contributed by atoms with Crippen LogP contribution in [0.5, 0.6) is 0 Å². The summed E-state index contributed by atoms with van der Waals surface area (Å²) in [6.45, 7) is 0.665. The molecule has 2 atom stereocenters. The van der Waals surface area contributed by atoms with Crippen LogP contribution < -0.4 is 5.32 Å². The van der Waals surface area contributed by atoms with E-state index in [2.05, 4.69) is 5.32 Å². The van der Waals surface area contributed by atoms with Crippen molar-refractivity contribution in [1.82, 2.24) is 15.1 Å². The third-order valence-corrected chi connectivity index (χ3v) is 5.66. The molecule has 26 heavy (non-hydrogen) atoms. The predicted molar refractivity (Wildman–Crippen MR) is 103 cm³/mol. The Morgan fingerprint density at radius 3 is 2.38 bits per heavy atom. The van der Waals surface area contributed by atoms with E-state index in [0.29, 0.717) is 6.54 Å². The molecule has 1 saturated carbocycles. The molecule has 0 aromatic heterocycles. The summed E-state index contributed by atoms with van der Waals surface area (Å²) < 4.78 is 0. The second-order valence-electron chi connectivity index (χ2n) is 7.81. The largest absolute Gasteiger partial charge is 0.352 e. The summed E-state index contributed by atoms with van der Waals surface area (Å²) in [5, 5.41) is 3.21. The van der Waals surface area contributed by atoms with Gasteiger partial charge >= 0.3 is 0 Å². The van der Waals surface area contributed by atoms with Gasteiger partial charge in [-0.25, -0.2) is 0 Å². The number of hydrogen-bond donors (Lipinski definition) is 1. The molecule has 1 saturated heterocycles. The molecule has 2 unspecified atom stereocenters. The SMILES string of the molecule is CN(C)C(C(=O)N1CCCC1C(=O)NC1CCCCC1)c1ccccc1. The second kappa shape index (κ2) is 8.67. The molecule has 1 aromatic rings. The summed E-state index contributed by atoms with van der Waals surface area (Å²) in [5.74, 6) is 0.0656. The first kappa shape index (κ1) is 18.9. The average Bonchev–Trinajstić information content (AvgIpc) is 3.13.